The van der Waals surface area contributed by atoms with E-state index in [0.29, 0.717) is 48.1 Å². The van der Waals surface area contributed by atoms with Crippen molar-refractivity contribution in [1.29, 1.82) is 0 Å². The standard InChI is InChI=1S/C18H19ClN8O3/c1-4-29-8-7-27-14-12(13(24-27)15-22-18(28)30-25-15)21-17(19)23-16(14)26(3)11-9-10(2)5-6-20-11/h5-6,9H,4,7-8H2,1-3H3,(H,22,25,28). The Labute approximate surface area is 175 Å². The molecule has 4 aromatic heterocycles. The van der Waals surface area contributed by atoms with E-state index in [1.54, 1.807) is 15.8 Å². The highest BCUT2D eigenvalue weighted by molar-refractivity contribution is 6.29. The minimum Gasteiger partial charge on any atom is -0.380 e. The summed E-state index contributed by atoms with van der Waals surface area (Å²) in [6.45, 7) is 5.33. The van der Waals surface area contributed by atoms with E-state index in [-0.39, 0.29) is 11.1 Å². The Morgan fingerprint density at radius 3 is 2.87 bits per heavy atom. The third kappa shape index (κ3) is 3.76. The number of nitrogens with zero attached hydrogens (tertiary/aromatic N) is 7. The molecule has 11 nitrogen and oxygen atoms in total. The maximum atomic E-state index is 11.4. The molecule has 0 atom stereocenters. The van der Waals surface area contributed by atoms with Crippen molar-refractivity contribution < 1.29 is 9.26 Å². The number of rotatable bonds is 7. The second-order valence-corrected chi connectivity index (χ2v) is 6.80. The predicted molar refractivity (Wildman–Crippen MR) is 110 cm³/mol. The van der Waals surface area contributed by atoms with Gasteiger partial charge in [0.2, 0.25) is 5.28 Å². The molecule has 0 spiro atoms. The average molecular weight is 431 g/mol. The molecular weight excluding hydrogens is 412 g/mol. The zero-order valence-electron chi connectivity index (χ0n) is 16.6. The summed E-state index contributed by atoms with van der Waals surface area (Å²) in [5, 5.41) is 7.06. The summed E-state index contributed by atoms with van der Waals surface area (Å²) in [4.78, 5) is 30.2. The van der Waals surface area contributed by atoms with Gasteiger partial charge in [-0.25, -0.2) is 14.8 Å². The molecule has 0 amide bonds. The van der Waals surface area contributed by atoms with Gasteiger partial charge in [0.15, 0.2) is 17.3 Å². The van der Waals surface area contributed by atoms with Crippen LogP contribution < -0.4 is 10.7 Å². The number of nitrogens with one attached hydrogen (secondary N) is 1. The van der Waals surface area contributed by atoms with E-state index < -0.39 is 5.76 Å². The molecule has 12 heteroatoms. The lowest BCUT2D eigenvalue weighted by molar-refractivity contribution is 0.137. The van der Waals surface area contributed by atoms with Crippen molar-refractivity contribution in [3.63, 3.8) is 0 Å². The van der Waals surface area contributed by atoms with Crippen molar-refractivity contribution in [2.45, 2.75) is 20.4 Å². The van der Waals surface area contributed by atoms with E-state index in [1.807, 2.05) is 33.0 Å². The third-order valence-corrected chi connectivity index (χ3v) is 4.59. The Morgan fingerprint density at radius 1 is 1.33 bits per heavy atom. The van der Waals surface area contributed by atoms with Crippen LogP contribution in [0.1, 0.15) is 12.5 Å². The van der Waals surface area contributed by atoms with Crippen LogP contribution in [-0.2, 0) is 11.3 Å². The molecule has 30 heavy (non-hydrogen) atoms. The van der Waals surface area contributed by atoms with Crippen LogP contribution in [-0.4, -0.2) is 55.1 Å². The molecule has 4 aromatic rings. The highest BCUT2D eigenvalue weighted by Crippen LogP contribution is 2.33. The van der Waals surface area contributed by atoms with Gasteiger partial charge in [0, 0.05) is 19.9 Å². The Balaban J connectivity index is 1.93. The first-order chi connectivity index (χ1) is 14.5. The SMILES string of the molecule is CCOCCn1nc(-c2nc(=O)o[nH]2)c2nc(Cl)nc(N(C)c3cc(C)ccn3)c21. The third-order valence-electron chi connectivity index (χ3n) is 4.42. The van der Waals surface area contributed by atoms with Gasteiger partial charge in [-0.2, -0.15) is 20.2 Å². The van der Waals surface area contributed by atoms with Gasteiger partial charge in [-0.15, -0.1) is 0 Å². The van der Waals surface area contributed by atoms with Gasteiger partial charge < -0.3 is 14.2 Å². The normalized spacial score (nSPS) is 11.3. The summed E-state index contributed by atoms with van der Waals surface area (Å²) >= 11 is 6.24. The van der Waals surface area contributed by atoms with E-state index in [1.165, 1.54) is 0 Å². The summed E-state index contributed by atoms with van der Waals surface area (Å²) in [6, 6.07) is 3.84. The summed E-state index contributed by atoms with van der Waals surface area (Å²) in [6.07, 6.45) is 1.72. The lowest BCUT2D eigenvalue weighted by Gasteiger charge is -2.19. The minimum atomic E-state index is -0.761. The molecule has 0 saturated heterocycles. The number of fused-ring (bicyclic) bond motifs is 1. The van der Waals surface area contributed by atoms with Gasteiger partial charge in [-0.3, -0.25) is 4.68 Å². The van der Waals surface area contributed by atoms with Gasteiger partial charge in [0.25, 0.3) is 0 Å². The molecule has 156 valence electrons. The predicted octanol–water partition coefficient (Wildman–Crippen LogP) is 2.33. The number of aromatic nitrogens is 7. The number of pyridine rings is 1. The number of aryl methyl sites for hydroxylation is 1. The molecule has 0 bridgehead atoms. The van der Waals surface area contributed by atoms with Crippen LogP contribution in [0.15, 0.2) is 27.6 Å². The van der Waals surface area contributed by atoms with Gasteiger partial charge in [-0.1, -0.05) is 0 Å². The molecule has 0 aliphatic carbocycles. The number of hydrogen-bond donors (Lipinski definition) is 1. The van der Waals surface area contributed by atoms with Crippen LogP contribution in [0.5, 0.6) is 0 Å². The summed E-state index contributed by atoms with van der Waals surface area (Å²) in [5.74, 6) is 0.574. The highest BCUT2D eigenvalue weighted by atomic mass is 35.5. The quantitative estimate of drug-likeness (QED) is 0.347. The van der Waals surface area contributed by atoms with Crippen molar-refractivity contribution in [3.8, 4) is 11.5 Å². The Hall–Kier alpha value is -3.31. The number of halogens is 1. The van der Waals surface area contributed by atoms with Crippen LogP contribution in [0.4, 0.5) is 11.6 Å². The molecule has 1 N–H and O–H groups in total. The molecule has 0 unspecified atom stereocenters. The molecule has 4 rings (SSSR count). The van der Waals surface area contributed by atoms with Gasteiger partial charge in [-0.05, 0) is 43.1 Å². The summed E-state index contributed by atoms with van der Waals surface area (Å²) in [5.41, 5.74) is 2.40. The molecule has 0 aliphatic heterocycles. The van der Waals surface area contributed by atoms with E-state index in [0.717, 1.165) is 5.56 Å². The second-order valence-electron chi connectivity index (χ2n) is 6.46. The largest absolute Gasteiger partial charge is 0.460 e. The zero-order valence-corrected chi connectivity index (χ0v) is 17.3. The fraction of sp³-hybridized carbons (Fsp3) is 0.333. The molecule has 0 aromatic carbocycles. The maximum Gasteiger partial charge on any atom is 0.460 e. The topological polar surface area (TPSA) is 128 Å². The number of aromatic amines is 1. The molecule has 0 fully saturated rings. The van der Waals surface area contributed by atoms with Gasteiger partial charge in [0.05, 0.1) is 13.2 Å². The second kappa shape index (κ2) is 8.20. The lowest BCUT2D eigenvalue weighted by atomic mass is 10.2. The summed E-state index contributed by atoms with van der Waals surface area (Å²) < 4.78 is 11.9. The Morgan fingerprint density at radius 2 is 2.17 bits per heavy atom. The van der Waals surface area contributed by atoms with Crippen LogP contribution in [0.3, 0.4) is 0 Å². The molecule has 0 aliphatic rings. The van der Waals surface area contributed by atoms with Crippen molar-refractivity contribution >= 4 is 34.3 Å². The number of ether oxygens (including phenoxy) is 1. The molecule has 4 heterocycles. The van der Waals surface area contributed by atoms with Crippen molar-refractivity contribution in [3.05, 3.63) is 39.7 Å². The van der Waals surface area contributed by atoms with Crippen molar-refractivity contribution in [1.82, 2.24) is 34.9 Å². The fourth-order valence-electron chi connectivity index (χ4n) is 3.03. The van der Waals surface area contributed by atoms with Crippen LogP contribution in [0.25, 0.3) is 22.6 Å². The van der Waals surface area contributed by atoms with Crippen LogP contribution in [0.2, 0.25) is 5.28 Å². The first kappa shape index (κ1) is 20.0. The number of hydrogen-bond acceptors (Lipinski definition) is 9. The summed E-state index contributed by atoms with van der Waals surface area (Å²) in [7, 11) is 1.83. The Kier molecular flexibility index (Phi) is 5.46. The molecule has 0 saturated carbocycles. The lowest BCUT2D eigenvalue weighted by Crippen LogP contribution is -2.16. The monoisotopic (exact) mass is 430 g/mol. The van der Waals surface area contributed by atoms with Gasteiger partial charge >= 0.3 is 5.76 Å². The van der Waals surface area contributed by atoms with E-state index in [4.69, 9.17) is 20.9 Å². The Bertz CT molecular complexity index is 1250. The minimum absolute atomic E-state index is 0.0217. The van der Waals surface area contributed by atoms with Crippen LogP contribution >= 0.6 is 11.6 Å². The molecular formula is C18H19ClN8O3. The van der Waals surface area contributed by atoms with Crippen molar-refractivity contribution in [2.24, 2.45) is 0 Å². The smallest absolute Gasteiger partial charge is 0.380 e. The molecule has 0 radical (unpaired) electrons. The van der Waals surface area contributed by atoms with E-state index in [2.05, 4.69) is 30.2 Å². The van der Waals surface area contributed by atoms with E-state index in [9.17, 15) is 4.79 Å². The number of H-pyrrole nitrogens is 1. The first-order valence-electron chi connectivity index (χ1n) is 9.22. The fourth-order valence-corrected chi connectivity index (χ4v) is 3.19. The number of anilines is 2. The van der Waals surface area contributed by atoms with Gasteiger partial charge in [0.1, 0.15) is 16.9 Å². The average Bonchev–Trinajstić information content (AvgIpc) is 3.30. The van der Waals surface area contributed by atoms with Crippen molar-refractivity contribution in [2.75, 3.05) is 25.2 Å². The maximum absolute atomic E-state index is 11.4. The first-order valence-corrected chi connectivity index (χ1v) is 9.59. The highest BCUT2D eigenvalue weighted by Gasteiger charge is 2.24. The zero-order chi connectivity index (χ0) is 21.3. The van der Waals surface area contributed by atoms with Crippen LogP contribution in [0, 0.1) is 6.92 Å². The van der Waals surface area contributed by atoms with E-state index >= 15 is 0 Å².